The number of carbonyl (C=O) groups is 1. The summed E-state index contributed by atoms with van der Waals surface area (Å²) < 4.78 is 0. The van der Waals surface area contributed by atoms with Crippen molar-refractivity contribution in [3.8, 4) is 0 Å². The standard InChI is InChI=1S/C12H24N2O/c1-5-13-7-6-8-14(10(2)9-13)11(3)12(4)15/h10-11H,5-9H2,1-4H3. The van der Waals surface area contributed by atoms with Crippen molar-refractivity contribution in [3.63, 3.8) is 0 Å². The molecule has 2 unspecified atom stereocenters. The first-order valence-electron chi connectivity index (χ1n) is 6.04. The van der Waals surface area contributed by atoms with Gasteiger partial charge in [-0.2, -0.15) is 0 Å². The first-order chi connectivity index (χ1) is 7.06. The van der Waals surface area contributed by atoms with E-state index in [1.165, 1.54) is 13.0 Å². The summed E-state index contributed by atoms with van der Waals surface area (Å²) in [4.78, 5) is 16.2. The summed E-state index contributed by atoms with van der Waals surface area (Å²) in [7, 11) is 0. The molecule has 0 saturated carbocycles. The van der Waals surface area contributed by atoms with Crippen LogP contribution in [0, 0.1) is 0 Å². The molecule has 0 aromatic rings. The highest BCUT2D eigenvalue weighted by molar-refractivity contribution is 5.80. The lowest BCUT2D eigenvalue weighted by atomic mass is 10.1. The van der Waals surface area contributed by atoms with Gasteiger partial charge in [-0.1, -0.05) is 6.92 Å². The van der Waals surface area contributed by atoms with Crippen LogP contribution in [0.1, 0.15) is 34.1 Å². The number of rotatable bonds is 3. The number of carbonyl (C=O) groups excluding carboxylic acids is 1. The smallest absolute Gasteiger partial charge is 0.146 e. The zero-order valence-corrected chi connectivity index (χ0v) is 10.5. The maximum absolute atomic E-state index is 11.4. The number of nitrogens with zero attached hydrogens (tertiary/aromatic N) is 2. The average molecular weight is 212 g/mol. The van der Waals surface area contributed by atoms with E-state index in [4.69, 9.17) is 0 Å². The second-order valence-electron chi connectivity index (χ2n) is 4.62. The molecule has 0 aromatic heterocycles. The SMILES string of the molecule is CCN1CCCN(C(C)C(C)=O)C(C)C1. The normalized spacial score (nSPS) is 27.3. The molecule has 0 N–H and O–H groups in total. The molecule has 0 bridgehead atoms. The van der Waals surface area contributed by atoms with Gasteiger partial charge in [0, 0.05) is 19.1 Å². The van der Waals surface area contributed by atoms with Crippen molar-refractivity contribution < 1.29 is 4.79 Å². The van der Waals surface area contributed by atoms with E-state index in [9.17, 15) is 4.79 Å². The van der Waals surface area contributed by atoms with Crippen LogP contribution in [0.4, 0.5) is 0 Å². The quantitative estimate of drug-likeness (QED) is 0.706. The fraction of sp³-hybridized carbons (Fsp3) is 0.917. The van der Waals surface area contributed by atoms with Crippen molar-refractivity contribution in [1.29, 1.82) is 0 Å². The van der Waals surface area contributed by atoms with E-state index in [-0.39, 0.29) is 11.8 Å². The topological polar surface area (TPSA) is 23.6 Å². The summed E-state index contributed by atoms with van der Waals surface area (Å²) in [5.41, 5.74) is 0. The summed E-state index contributed by atoms with van der Waals surface area (Å²) in [6.07, 6.45) is 1.18. The van der Waals surface area contributed by atoms with Gasteiger partial charge in [-0.25, -0.2) is 0 Å². The van der Waals surface area contributed by atoms with Crippen molar-refractivity contribution in [2.45, 2.75) is 46.2 Å². The van der Waals surface area contributed by atoms with Crippen LogP contribution in [-0.4, -0.2) is 53.8 Å². The van der Waals surface area contributed by atoms with Crippen molar-refractivity contribution in [1.82, 2.24) is 9.80 Å². The van der Waals surface area contributed by atoms with Crippen molar-refractivity contribution in [2.24, 2.45) is 0 Å². The lowest BCUT2D eigenvalue weighted by Gasteiger charge is -2.32. The summed E-state index contributed by atoms with van der Waals surface area (Å²) in [5, 5.41) is 0. The van der Waals surface area contributed by atoms with Crippen LogP contribution in [0.5, 0.6) is 0 Å². The first-order valence-corrected chi connectivity index (χ1v) is 6.04. The molecule has 1 aliphatic rings. The molecule has 1 fully saturated rings. The van der Waals surface area contributed by atoms with Gasteiger partial charge in [0.2, 0.25) is 0 Å². The van der Waals surface area contributed by atoms with Crippen LogP contribution in [0.15, 0.2) is 0 Å². The molecule has 0 aliphatic carbocycles. The molecular weight excluding hydrogens is 188 g/mol. The predicted molar refractivity (Wildman–Crippen MR) is 63.0 cm³/mol. The van der Waals surface area contributed by atoms with Crippen LogP contribution in [-0.2, 0) is 4.79 Å². The van der Waals surface area contributed by atoms with Gasteiger partial charge in [0.25, 0.3) is 0 Å². The maximum Gasteiger partial charge on any atom is 0.146 e. The minimum Gasteiger partial charge on any atom is -0.302 e. The van der Waals surface area contributed by atoms with Gasteiger partial charge in [-0.05, 0) is 40.3 Å². The summed E-state index contributed by atoms with van der Waals surface area (Å²) >= 11 is 0. The molecule has 15 heavy (non-hydrogen) atoms. The minimum absolute atomic E-state index is 0.0804. The van der Waals surface area contributed by atoms with Crippen LogP contribution in [0.2, 0.25) is 0 Å². The first kappa shape index (κ1) is 12.7. The molecule has 0 aromatic carbocycles. The Bertz CT molecular complexity index is 218. The van der Waals surface area contributed by atoms with Gasteiger partial charge in [-0.15, -0.1) is 0 Å². The predicted octanol–water partition coefficient (Wildman–Crippen LogP) is 1.38. The summed E-state index contributed by atoms with van der Waals surface area (Å²) in [6.45, 7) is 12.6. The fourth-order valence-corrected chi connectivity index (χ4v) is 2.36. The van der Waals surface area contributed by atoms with E-state index in [1.807, 2.05) is 6.92 Å². The van der Waals surface area contributed by atoms with Gasteiger partial charge in [-0.3, -0.25) is 9.69 Å². The van der Waals surface area contributed by atoms with E-state index in [1.54, 1.807) is 6.92 Å². The van der Waals surface area contributed by atoms with E-state index < -0.39 is 0 Å². The highest BCUT2D eigenvalue weighted by Crippen LogP contribution is 2.13. The number of ketones is 1. The zero-order valence-electron chi connectivity index (χ0n) is 10.5. The number of Topliss-reactive ketones (excluding diaryl/α,β-unsaturated/α-hetero) is 1. The Balaban J connectivity index is 2.62. The van der Waals surface area contributed by atoms with Gasteiger partial charge >= 0.3 is 0 Å². The molecule has 1 aliphatic heterocycles. The minimum atomic E-state index is 0.0804. The Kier molecular flexibility index (Phi) is 4.74. The third kappa shape index (κ3) is 3.28. The van der Waals surface area contributed by atoms with Gasteiger partial charge in [0.05, 0.1) is 6.04 Å². The monoisotopic (exact) mass is 212 g/mol. The Morgan fingerprint density at radius 3 is 2.67 bits per heavy atom. The Labute approximate surface area is 93.4 Å². The second-order valence-corrected chi connectivity index (χ2v) is 4.62. The number of hydrogen-bond acceptors (Lipinski definition) is 3. The summed E-state index contributed by atoms with van der Waals surface area (Å²) in [6, 6.07) is 0.572. The molecule has 1 saturated heterocycles. The Morgan fingerprint density at radius 2 is 2.13 bits per heavy atom. The zero-order chi connectivity index (χ0) is 11.4. The lowest BCUT2D eigenvalue weighted by Crippen LogP contribution is -2.46. The van der Waals surface area contributed by atoms with Crippen molar-refractivity contribution in [3.05, 3.63) is 0 Å². The Hall–Kier alpha value is -0.410. The largest absolute Gasteiger partial charge is 0.302 e. The molecule has 3 heteroatoms. The molecule has 2 atom stereocenters. The highest BCUT2D eigenvalue weighted by Gasteiger charge is 2.26. The van der Waals surface area contributed by atoms with E-state index >= 15 is 0 Å². The number of likely N-dealkylation sites (N-methyl/N-ethyl adjacent to an activating group) is 1. The third-order valence-corrected chi connectivity index (χ3v) is 3.51. The molecule has 0 amide bonds. The van der Waals surface area contributed by atoms with Gasteiger partial charge in [0.15, 0.2) is 0 Å². The second kappa shape index (κ2) is 5.61. The lowest BCUT2D eigenvalue weighted by molar-refractivity contribution is -0.122. The van der Waals surface area contributed by atoms with Crippen molar-refractivity contribution in [2.75, 3.05) is 26.2 Å². The molecule has 3 nitrogen and oxygen atoms in total. The molecule has 0 spiro atoms. The van der Waals surface area contributed by atoms with Crippen molar-refractivity contribution >= 4 is 5.78 Å². The molecule has 1 rings (SSSR count). The molecular formula is C12H24N2O. The molecule has 0 radical (unpaired) electrons. The van der Waals surface area contributed by atoms with Crippen LogP contribution in [0.25, 0.3) is 0 Å². The van der Waals surface area contributed by atoms with E-state index in [2.05, 4.69) is 23.6 Å². The fourth-order valence-electron chi connectivity index (χ4n) is 2.36. The van der Waals surface area contributed by atoms with Gasteiger partial charge in [0.1, 0.15) is 5.78 Å². The highest BCUT2D eigenvalue weighted by atomic mass is 16.1. The number of hydrogen-bond donors (Lipinski definition) is 0. The Morgan fingerprint density at radius 1 is 1.47 bits per heavy atom. The van der Waals surface area contributed by atoms with Crippen LogP contribution < -0.4 is 0 Å². The van der Waals surface area contributed by atoms with E-state index in [0.29, 0.717) is 6.04 Å². The van der Waals surface area contributed by atoms with Crippen LogP contribution in [0.3, 0.4) is 0 Å². The van der Waals surface area contributed by atoms with Crippen LogP contribution >= 0.6 is 0 Å². The summed E-state index contributed by atoms with van der Waals surface area (Å²) in [5.74, 6) is 0.284. The van der Waals surface area contributed by atoms with Gasteiger partial charge < -0.3 is 4.90 Å². The van der Waals surface area contributed by atoms with E-state index in [0.717, 1.165) is 19.6 Å². The molecule has 1 heterocycles. The molecule has 88 valence electrons. The third-order valence-electron chi connectivity index (χ3n) is 3.51. The maximum atomic E-state index is 11.4. The average Bonchev–Trinajstić information content (AvgIpc) is 2.38.